The summed E-state index contributed by atoms with van der Waals surface area (Å²) >= 11 is 0. The van der Waals surface area contributed by atoms with Gasteiger partial charge in [-0.2, -0.15) is 0 Å². The second-order valence-corrected chi connectivity index (χ2v) is 6.24. The zero-order chi connectivity index (χ0) is 16.0. The fraction of sp³-hybridized carbons (Fsp3) is 0.857. The summed E-state index contributed by atoms with van der Waals surface area (Å²) in [7, 11) is 0. The molecule has 7 heteroatoms. The minimum absolute atomic E-state index is 0.0123. The van der Waals surface area contributed by atoms with Gasteiger partial charge in [0, 0.05) is 38.8 Å². The second-order valence-electron chi connectivity index (χ2n) is 6.24. The van der Waals surface area contributed by atoms with Gasteiger partial charge in [-0.3, -0.25) is 9.69 Å². The molecule has 1 aliphatic rings. The average Bonchev–Trinajstić information content (AvgIpc) is 2.37. The lowest BCUT2D eigenvalue weighted by Crippen LogP contribution is -2.59. The van der Waals surface area contributed by atoms with Crippen molar-refractivity contribution < 1.29 is 14.3 Å². The molecule has 0 aromatic rings. The van der Waals surface area contributed by atoms with Crippen molar-refractivity contribution in [1.82, 2.24) is 15.1 Å². The highest BCUT2D eigenvalue weighted by Gasteiger charge is 2.31. The summed E-state index contributed by atoms with van der Waals surface area (Å²) in [6.45, 7) is 10.4. The largest absolute Gasteiger partial charge is 0.444 e. The quantitative estimate of drug-likeness (QED) is 0.763. The van der Waals surface area contributed by atoms with Crippen molar-refractivity contribution in [2.24, 2.45) is 5.73 Å². The number of nitrogens with two attached hydrogens (primary N) is 1. The van der Waals surface area contributed by atoms with Gasteiger partial charge in [-0.15, -0.1) is 0 Å². The van der Waals surface area contributed by atoms with Crippen molar-refractivity contribution in [3.63, 3.8) is 0 Å². The van der Waals surface area contributed by atoms with Gasteiger partial charge < -0.3 is 20.7 Å². The highest BCUT2D eigenvalue weighted by atomic mass is 16.6. The van der Waals surface area contributed by atoms with Crippen molar-refractivity contribution in [2.45, 2.75) is 39.3 Å². The van der Waals surface area contributed by atoms with Gasteiger partial charge in [0.05, 0.1) is 6.54 Å². The second kappa shape index (κ2) is 7.61. The number of carbonyl (C=O) groups is 2. The molecule has 0 bridgehead atoms. The molecule has 0 aromatic carbocycles. The Balaban J connectivity index is 2.56. The van der Waals surface area contributed by atoms with Crippen molar-refractivity contribution >= 4 is 12.0 Å². The molecule has 21 heavy (non-hydrogen) atoms. The number of hydrogen-bond donors (Lipinski definition) is 2. The van der Waals surface area contributed by atoms with E-state index in [0.29, 0.717) is 39.3 Å². The van der Waals surface area contributed by atoms with E-state index in [-0.39, 0.29) is 18.0 Å². The molecule has 1 aliphatic heterocycles. The van der Waals surface area contributed by atoms with Gasteiger partial charge in [-0.05, 0) is 27.7 Å². The normalized spacial score (nSPS) is 20.2. The van der Waals surface area contributed by atoms with Crippen LogP contribution in [0, 0.1) is 0 Å². The Morgan fingerprint density at radius 3 is 2.52 bits per heavy atom. The predicted octanol–water partition coefficient (Wildman–Crippen LogP) is 0.00250. The van der Waals surface area contributed by atoms with Gasteiger partial charge in [0.2, 0.25) is 5.91 Å². The average molecular weight is 300 g/mol. The number of likely N-dealkylation sites (N-methyl/N-ethyl adjacent to an activating group) is 1. The van der Waals surface area contributed by atoms with E-state index in [0.717, 1.165) is 0 Å². The van der Waals surface area contributed by atoms with Crippen LogP contribution in [0.4, 0.5) is 4.79 Å². The van der Waals surface area contributed by atoms with Crippen LogP contribution in [0.25, 0.3) is 0 Å². The van der Waals surface area contributed by atoms with Crippen LogP contribution in [0.5, 0.6) is 0 Å². The van der Waals surface area contributed by atoms with Crippen molar-refractivity contribution in [2.75, 3.05) is 39.3 Å². The number of ether oxygens (including phenoxy) is 1. The highest BCUT2D eigenvalue weighted by molar-refractivity contribution is 5.78. The Kier molecular flexibility index (Phi) is 6.42. The van der Waals surface area contributed by atoms with Crippen LogP contribution in [-0.4, -0.2) is 72.7 Å². The van der Waals surface area contributed by atoms with Gasteiger partial charge >= 0.3 is 6.09 Å². The van der Waals surface area contributed by atoms with Crippen LogP contribution < -0.4 is 11.1 Å². The maximum atomic E-state index is 12.1. The molecule has 1 heterocycles. The molecule has 0 aliphatic carbocycles. The Labute approximate surface area is 126 Å². The molecule has 7 nitrogen and oxygen atoms in total. The summed E-state index contributed by atoms with van der Waals surface area (Å²) in [5.74, 6) is -0.0123. The monoisotopic (exact) mass is 300 g/mol. The Morgan fingerprint density at radius 1 is 1.33 bits per heavy atom. The van der Waals surface area contributed by atoms with Crippen LogP contribution in [-0.2, 0) is 9.53 Å². The van der Waals surface area contributed by atoms with Crippen LogP contribution in [0.3, 0.4) is 0 Å². The third-order valence-corrected chi connectivity index (χ3v) is 3.25. The molecular weight excluding hydrogens is 272 g/mol. The van der Waals surface area contributed by atoms with Crippen LogP contribution >= 0.6 is 0 Å². The van der Waals surface area contributed by atoms with Crippen molar-refractivity contribution in [3.8, 4) is 0 Å². The number of nitrogens with zero attached hydrogens (tertiary/aromatic N) is 2. The number of nitrogens with one attached hydrogen (secondary N) is 1. The van der Waals surface area contributed by atoms with E-state index in [1.54, 1.807) is 4.90 Å². The van der Waals surface area contributed by atoms with E-state index in [9.17, 15) is 9.59 Å². The first-order valence-electron chi connectivity index (χ1n) is 7.45. The molecule has 0 saturated carbocycles. The number of piperazine rings is 1. The molecule has 1 saturated heterocycles. The number of carbonyl (C=O) groups excluding carboxylic acids is 2. The molecule has 122 valence electrons. The molecule has 1 atom stereocenters. The number of rotatable bonds is 4. The third kappa shape index (κ3) is 5.89. The minimum Gasteiger partial charge on any atom is -0.444 e. The molecule has 3 N–H and O–H groups in total. The molecule has 2 amide bonds. The van der Waals surface area contributed by atoms with Gasteiger partial charge in [0.25, 0.3) is 0 Å². The van der Waals surface area contributed by atoms with E-state index in [4.69, 9.17) is 10.5 Å². The van der Waals surface area contributed by atoms with Crippen LogP contribution in [0.15, 0.2) is 0 Å². The van der Waals surface area contributed by atoms with Gasteiger partial charge in [-0.1, -0.05) is 0 Å². The van der Waals surface area contributed by atoms with E-state index in [1.807, 2.05) is 32.6 Å². The third-order valence-electron chi connectivity index (χ3n) is 3.25. The van der Waals surface area contributed by atoms with Crippen molar-refractivity contribution in [3.05, 3.63) is 0 Å². The highest BCUT2D eigenvalue weighted by Crippen LogP contribution is 2.14. The van der Waals surface area contributed by atoms with Gasteiger partial charge in [0.1, 0.15) is 5.60 Å². The van der Waals surface area contributed by atoms with Crippen LogP contribution in [0.2, 0.25) is 0 Å². The fourth-order valence-corrected chi connectivity index (χ4v) is 2.25. The molecule has 0 radical (unpaired) electrons. The molecular formula is C14H28N4O3. The first-order chi connectivity index (χ1) is 9.76. The summed E-state index contributed by atoms with van der Waals surface area (Å²) < 4.78 is 5.37. The number of amides is 2. The molecule has 1 rings (SSSR count). The van der Waals surface area contributed by atoms with E-state index >= 15 is 0 Å². The summed E-state index contributed by atoms with van der Waals surface area (Å²) in [6.07, 6.45) is -0.321. The Morgan fingerprint density at radius 2 is 2.00 bits per heavy atom. The lowest BCUT2D eigenvalue weighted by atomic mass is 10.1. The Bertz CT molecular complexity index is 368. The maximum Gasteiger partial charge on any atom is 0.410 e. The van der Waals surface area contributed by atoms with Gasteiger partial charge in [0.15, 0.2) is 0 Å². The zero-order valence-corrected chi connectivity index (χ0v) is 13.5. The summed E-state index contributed by atoms with van der Waals surface area (Å²) in [4.78, 5) is 27.4. The lowest BCUT2D eigenvalue weighted by Gasteiger charge is -2.40. The van der Waals surface area contributed by atoms with Gasteiger partial charge in [-0.25, -0.2) is 4.79 Å². The smallest absolute Gasteiger partial charge is 0.410 e. The lowest BCUT2D eigenvalue weighted by molar-refractivity contribution is -0.123. The molecule has 1 fully saturated rings. The fourth-order valence-electron chi connectivity index (χ4n) is 2.25. The van der Waals surface area contributed by atoms with Crippen LogP contribution in [0.1, 0.15) is 27.7 Å². The summed E-state index contributed by atoms with van der Waals surface area (Å²) in [5.41, 5.74) is 5.27. The molecule has 0 spiro atoms. The molecule has 0 aromatic heterocycles. The topological polar surface area (TPSA) is 87.9 Å². The Hall–Kier alpha value is -1.34. The number of hydrogen-bond acceptors (Lipinski definition) is 5. The first kappa shape index (κ1) is 17.7. The summed E-state index contributed by atoms with van der Waals surface area (Å²) in [5, 5.41) is 2.78. The predicted molar refractivity (Wildman–Crippen MR) is 80.9 cm³/mol. The van der Waals surface area contributed by atoms with E-state index in [1.165, 1.54) is 0 Å². The maximum absolute atomic E-state index is 12.1. The standard InChI is InChI=1S/C14H28N4O3/c1-5-16-12(19)10-17-6-7-18(9-11(17)8-15)13(20)21-14(2,3)4/h11H,5-10,15H2,1-4H3,(H,16,19). The first-order valence-corrected chi connectivity index (χ1v) is 7.45. The molecule has 1 unspecified atom stereocenters. The minimum atomic E-state index is -0.507. The van der Waals surface area contributed by atoms with Crippen molar-refractivity contribution in [1.29, 1.82) is 0 Å². The van der Waals surface area contributed by atoms with E-state index in [2.05, 4.69) is 5.32 Å². The summed E-state index contributed by atoms with van der Waals surface area (Å²) in [6, 6.07) is -0.0196. The zero-order valence-electron chi connectivity index (χ0n) is 13.5. The van der Waals surface area contributed by atoms with E-state index < -0.39 is 5.60 Å². The SMILES string of the molecule is CCNC(=O)CN1CCN(C(=O)OC(C)(C)C)CC1CN.